The number of fused-ring (bicyclic) bond motifs is 6. The summed E-state index contributed by atoms with van der Waals surface area (Å²) in [5.74, 6) is 1.48. The molecule has 0 spiro atoms. The standard InChI is InChI=1S/C28H45N7O4S2Si2.C24H43N5O3SSi2.C23H43N5O5SSi2.C11H16N6O5S2.C4H8O.C2H6/c1-16(2)42(17(3)4)15-43(18(5)6,19(7)8)39-22-20(12-36-42)37-27(23(22)38-28(40)34-11-10-30-14-34)35-25-21(26(33-35)41-9)24(29)31-13-32-25;1-14(2)34(15(3)4)13-35(16(5)6,17(7)8)32-18-10-20(31-19(18)11-30-34)29-23-21(24(28-29)33-9)22(25)26-12-27-23;1-13(2)35(30,14(3)4)33-36(15(5)6,16(7)8)32-17-10-19(31-18(17)11-29)28-22-20(23(27-28)34-9)21(24)25-12-26-22;1-23-11-8-9(12)14-4-15-10(8)17(16-11)7-2-5(18)6(22-7)3-21-24(13,19)20;1-2-4-5-3-1;1-2/h10-11,13-14,16-20,22-23,27H,12,15H2,1-9H3,(H2,29,31,32);12,14-20H,10-11,13H2,1-9H3,(H2,25,26,27);12-19,29-30H,10-11H2,1-9H3,(H2,24,25,26);4-7,18H,2-3H2,1H3,(H2,12,14,15)(H2,13,19,20);1-4H2;1-2H3/t20-,22+,23+,27+;18-,19-,20+;17-,18-,19+;5-,6-,7+;;/m0000../s1. The van der Waals surface area contributed by atoms with Crippen LogP contribution in [0.2, 0.25) is 77.8 Å². The first-order valence-electron chi connectivity index (χ1n) is 50.6. The Hall–Kier alpha value is -5.49. The molecule has 0 amide bonds. The number of anilines is 4. The van der Waals surface area contributed by atoms with Crippen LogP contribution in [-0.4, -0.2) is 287 Å². The summed E-state index contributed by atoms with van der Waals surface area (Å²) < 4.78 is 115. The van der Waals surface area contributed by atoms with Crippen molar-refractivity contribution in [3.63, 3.8) is 0 Å². The first kappa shape index (κ1) is 120. The van der Waals surface area contributed by atoms with E-state index in [0.717, 1.165) is 46.4 Å². The zero-order valence-corrected chi connectivity index (χ0v) is 101. The van der Waals surface area contributed by atoms with Crippen molar-refractivity contribution in [2.45, 2.75) is 390 Å². The molecule has 16 heterocycles. The molecule has 41 nitrogen and oxygen atoms in total. The van der Waals surface area contributed by atoms with Crippen molar-refractivity contribution in [3.8, 4) is 0 Å². The predicted octanol–water partition coefficient (Wildman–Crippen LogP) is 17.0. The third kappa shape index (κ3) is 25.3. The van der Waals surface area contributed by atoms with E-state index in [1.807, 2.05) is 71.2 Å². The lowest BCUT2D eigenvalue weighted by molar-refractivity contribution is -0.0541. The summed E-state index contributed by atoms with van der Waals surface area (Å²) in [6, 6.07) is 0. The maximum atomic E-state index is 11.7. The first-order valence-corrected chi connectivity index (χ1v) is 70.5. The molecule has 0 aromatic carbocycles. The molecular weight excluding hydrogens is 2080 g/mol. The van der Waals surface area contributed by atoms with Crippen LogP contribution in [0.25, 0.3) is 44.1 Å². The molecule has 7 aliphatic rings. The number of hydrogen-bond donors (Lipinski definition) is 8. The van der Waals surface area contributed by atoms with Crippen LogP contribution in [0.4, 0.5) is 23.3 Å². The van der Waals surface area contributed by atoms with Crippen molar-refractivity contribution in [2.24, 2.45) is 5.14 Å². The summed E-state index contributed by atoms with van der Waals surface area (Å²) in [7, 11) is -19.3. The van der Waals surface area contributed by atoms with Gasteiger partial charge < -0.3 is 92.6 Å². The molecule has 7 fully saturated rings. The smallest absolute Gasteiger partial charge is 0.335 e. The minimum Gasteiger partial charge on any atom is -0.459 e. The Labute approximate surface area is 883 Å². The second-order valence-corrected chi connectivity index (χ2v) is 75.7. The highest BCUT2D eigenvalue weighted by Crippen LogP contribution is 2.56. The fourth-order valence-corrected chi connectivity index (χ4v) is 65.7. The van der Waals surface area contributed by atoms with Crippen LogP contribution in [0.5, 0.6) is 0 Å². The SMILES string of the molecule is C1CCOC1.CC.CSc1nn([C@@H]2O[C@H]3CO[Si](C(C)C)(C(C)C)C[Si](C(C)C)(C(C)C)O[C@H]3[C@H]2OC(=S)n2ccnc2)c2ncnc(N)c12.CSc1nn([C@H]2C[C@@H]3O[Si](C(C)C)(C(C)C)C[Si](C(C)C)(C(C)C)OC[C@@H]3O2)c2ncnc(N)c12.CSc1nn([C@H]2C[C@H](O)[C@H](COS(N)(=O)=O)O2)c2ncnc(N)c12.CSc1nn([C@H]2C[C@H](O[Si](O[Si](O)(C(C)C)C(C)C)(C(C)C)C(C)C)[C@H](CO)O2)c2ncnc(N)c12. The Morgan fingerprint density at radius 1 is 0.510 bits per heavy atom. The average Bonchev–Trinajstić information content (AvgIpc) is 1.60. The normalized spacial score (nSPS) is 24.3. The predicted molar refractivity (Wildman–Crippen MR) is 589 cm³/mol. The molecule has 0 unspecified atom stereocenters. The summed E-state index contributed by atoms with van der Waals surface area (Å²) >= 11 is 11.6. The zero-order valence-electron chi connectivity index (χ0n) is 90.0. The second-order valence-electron chi connectivity index (χ2n) is 41.6. The number of nitrogens with zero attached hydrogens (tertiary/aromatic N) is 18. The molecule has 13 N–H and O–H groups in total. The van der Waals surface area contributed by atoms with E-state index in [1.54, 1.807) is 44.4 Å². The van der Waals surface area contributed by atoms with E-state index >= 15 is 0 Å². The maximum absolute atomic E-state index is 11.7. The Bertz CT molecular complexity index is 5780. The van der Waals surface area contributed by atoms with Crippen molar-refractivity contribution in [2.75, 3.05) is 87.6 Å². The number of thiocarbonyl (C=S) groups is 1. The Balaban J connectivity index is 0.000000182. The van der Waals surface area contributed by atoms with Crippen molar-refractivity contribution >= 4 is 193 Å². The summed E-state index contributed by atoms with van der Waals surface area (Å²) in [4.78, 5) is 50.1. The number of aliphatic hydroxyl groups is 2. The highest BCUT2D eigenvalue weighted by atomic mass is 32.2. The van der Waals surface area contributed by atoms with Gasteiger partial charge in [0.15, 0.2) is 86.9 Å². The van der Waals surface area contributed by atoms with Gasteiger partial charge in [-0.25, -0.2) is 68.7 Å². The van der Waals surface area contributed by atoms with E-state index in [1.165, 1.54) is 78.1 Å². The Morgan fingerprint density at radius 3 is 1.26 bits per heavy atom. The van der Waals surface area contributed by atoms with E-state index < -0.39 is 122 Å². The van der Waals surface area contributed by atoms with E-state index in [-0.39, 0.29) is 65.4 Å². The van der Waals surface area contributed by atoms with Crippen molar-refractivity contribution < 1.29 is 82.3 Å². The van der Waals surface area contributed by atoms with E-state index in [4.69, 9.17) is 110 Å². The van der Waals surface area contributed by atoms with Gasteiger partial charge in [0.1, 0.15) is 106 Å². The van der Waals surface area contributed by atoms with Crippen LogP contribution < -0.4 is 28.1 Å². The Morgan fingerprint density at radius 2 is 0.897 bits per heavy atom. The van der Waals surface area contributed by atoms with E-state index in [2.05, 4.69) is 193 Å². The van der Waals surface area contributed by atoms with E-state index in [9.17, 15) is 23.4 Å². The van der Waals surface area contributed by atoms with Gasteiger partial charge in [0, 0.05) is 44.9 Å². The van der Waals surface area contributed by atoms with Gasteiger partial charge in [-0.1, -0.05) is 180 Å². The highest BCUT2D eigenvalue weighted by molar-refractivity contribution is 7.99. The van der Waals surface area contributed by atoms with Gasteiger partial charge in [-0.15, -0.1) is 47.0 Å². The molecule has 145 heavy (non-hydrogen) atoms. The monoisotopic (exact) mass is 2240 g/mol. The number of aliphatic hydroxyl groups excluding tert-OH is 2. The van der Waals surface area contributed by atoms with Crippen LogP contribution in [-0.2, 0) is 69.2 Å². The largest absolute Gasteiger partial charge is 0.459 e. The van der Waals surface area contributed by atoms with Gasteiger partial charge in [0.25, 0.3) is 5.17 Å². The number of imidazole rings is 1. The van der Waals surface area contributed by atoms with Crippen LogP contribution in [0.15, 0.2) is 64.1 Å². The number of ether oxygens (including phenoxy) is 6. The molecule has 0 radical (unpaired) electrons. The molecule has 0 aliphatic carbocycles. The van der Waals surface area contributed by atoms with Gasteiger partial charge in [-0.2, -0.15) is 28.8 Å². The fraction of sp³-hybridized carbons (Fsp3) is 0.739. The maximum Gasteiger partial charge on any atom is 0.335 e. The van der Waals surface area contributed by atoms with Crippen LogP contribution in [0.1, 0.15) is 237 Å². The van der Waals surface area contributed by atoms with Crippen molar-refractivity contribution in [1.29, 1.82) is 0 Å². The lowest BCUT2D eigenvalue weighted by Gasteiger charge is -2.51. The number of nitrogen functional groups attached to an aromatic ring is 4. The lowest BCUT2D eigenvalue weighted by Crippen LogP contribution is -2.63. The quantitative estimate of drug-likeness (QED) is 0.0123. The molecule has 0 saturated carbocycles. The third-order valence-electron chi connectivity index (χ3n) is 29.6. The van der Waals surface area contributed by atoms with Gasteiger partial charge in [0.2, 0.25) is 0 Å². The minimum atomic E-state index is -4.11. The summed E-state index contributed by atoms with van der Waals surface area (Å²) in [6.07, 6.45) is 15.9. The molecule has 7 saturated heterocycles. The Kier molecular flexibility index (Phi) is 41.8. The van der Waals surface area contributed by atoms with Crippen LogP contribution in [0.3, 0.4) is 0 Å². The molecule has 7 aliphatic heterocycles. The molecular formula is C92H161N23O18S6Si6. The molecule has 0 bridgehead atoms. The summed E-state index contributed by atoms with van der Waals surface area (Å²) in [5.41, 5.74) is 32.8. The second kappa shape index (κ2) is 50.6. The topological polar surface area (TPSA) is 537 Å². The number of nitrogens with two attached hydrogens (primary N) is 5. The highest BCUT2D eigenvalue weighted by Gasteiger charge is 2.64. The van der Waals surface area contributed by atoms with Gasteiger partial charge >= 0.3 is 27.4 Å². The van der Waals surface area contributed by atoms with Crippen molar-refractivity contribution in [1.82, 2.24) is 88.5 Å². The van der Waals surface area contributed by atoms with Crippen molar-refractivity contribution in [3.05, 3.63) is 44.0 Å². The lowest BCUT2D eigenvalue weighted by atomic mass is 10.1. The van der Waals surface area contributed by atoms with Crippen LogP contribution in [0, 0.1) is 0 Å². The molecule has 16 rings (SSSR count). The van der Waals surface area contributed by atoms with E-state index in [0.29, 0.717) is 136 Å². The number of hydrogen-bond acceptors (Lipinski definition) is 40. The number of aromatic nitrogens is 18. The molecule has 812 valence electrons. The van der Waals surface area contributed by atoms with Gasteiger partial charge in [-0.3, -0.25) is 8.75 Å². The third-order valence-corrected chi connectivity index (χ3v) is 70.2. The first-order chi connectivity index (χ1) is 68.4. The molecule has 53 heteroatoms. The zero-order chi connectivity index (χ0) is 107. The van der Waals surface area contributed by atoms with Gasteiger partial charge in [0.05, 0.1) is 66.3 Å². The number of thioether (sulfide) groups is 4. The van der Waals surface area contributed by atoms with Crippen LogP contribution >= 0.6 is 59.3 Å². The fourth-order valence-electron chi connectivity index (χ4n) is 21.2. The number of rotatable bonds is 29. The molecule has 13 atom stereocenters. The summed E-state index contributed by atoms with van der Waals surface area (Å²) in [6.45, 7) is 60.3. The molecule has 9 aromatic rings. The molecule has 9 aromatic heterocycles. The summed E-state index contributed by atoms with van der Waals surface area (Å²) in [5, 5.41) is 49.9. The van der Waals surface area contributed by atoms with Gasteiger partial charge in [-0.05, 0) is 128 Å². The minimum absolute atomic E-state index is 0.0113. The average molecular weight is 2240 g/mol.